The van der Waals surface area contributed by atoms with Crippen molar-refractivity contribution in [2.24, 2.45) is 0 Å². The normalized spacial score (nSPS) is 17.2. The number of benzene rings is 1. The number of fused-ring (bicyclic) bond motifs is 1. The summed E-state index contributed by atoms with van der Waals surface area (Å²) in [5.41, 5.74) is 1.06. The van der Waals surface area contributed by atoms with E-state index in [0.29, 0.717) is 19.4 Å². The number of nitrogens with one attached hydrogen (secondary N) is 1. The summed E-state index contributed by atoms with van der Waals surface area (Å²) in [7, 11) is 1.41. The monoisotopic (exact) mass is 363 g/mol. The number of ether oxygens (including phenoxy) is 1. The van der Waals surface area contributed by atoms with Crippen molar-refractivity contribution in [3.63, 3.8) is 0 Å². The minimum Gasteiger partial charge on any atom is -0.469 e. The minimum atomic E-state index is -0.184. The van der Waals surface area contributed by atoms with E-state index < -0.39 is 0 Å². The molecule has 1 aliphatic rings. The van der Waals surface area contributed by atoms with Crippen LogP contribution in [0.4, 0.5) is 0 Å². The largest absolute Gasteiger partial charge is 0.469 e. The van der Waals surface area contributed by atoms with Crippen LogP contribution in [-0.2, 0) is 9.53 Å². The molecule has 1 aromatic carbocycles. The Bertz CT molecular complexity index is 698. The molecule has 1 unspecified atom stereocenters. The molecule has 2 aromatic rings. The molecule has 24 heavy (non-hydrogen) atoms. The van der Waals surface area contributed by atoms with Gasteiger partial charge in [-0.3, -0.25) is 4.79 Å². The number of nitrogens with zero attached hydrogens (tertiary/aromatic N) is 2. The Morgan fingerprint density at radius 3 is 3.12 bits per heavy atom. The summed E-state index contributed by atoms with van der Waals surface area (Å²) in [5.74, 6) is -0.184. The second-order valence-electron chi connectivity index (χ2n) is 5.78. The molecule has 0 spiro atoms. The zero-order chi connectivity index (χ0) is 16.9. The van der Waals surface area contributed by atoms with Gasteiger partial charge in [0.1, 0.15) is 5.01 Å². The lowest BCUT2D eigenvalue weighted by Crippen LogP contribution is -2.39. The summed E-state index contributed by atoms with van der Waals surface area (Å²) in [6.07, 6.45) is 3.31. The first-order valence-electron chi connectivity index (χ1n) is 8.16. The predicted molar refractivity (Wildman–Crippen MR) is 100 cm³/mol. The van der Waals surface area contributed by atoms with Crippen LogP contribution < -0.4 is 5.32 Å². The van der Waals surface area contributed by atoms with Crippen LogP contribution in [0.1, 0.15) is 36.7 Å². The number of para-hydroxylation sites is 1. The van der Waals surface area contributed by atoms with Gasteiger partial charge in [0.25, 0.3) is 0 Å². The van der Waals surface area contributed by atoms with Gasteiger partial charge in [-0.2, -0.15) is 0 Å². The lowest BCUT2D eigenvalue weighted by Gasteiger charge is -2.26. The molecule has 1 aromatic heterocycles. The molecule has 2 heterocycles. The number of carbonyl (C=O) groups excluding carboxylic acids is 1. The van der Waals surface area contributed by atoms with Crippen molar-refractivity contribution in [1.82, 2.24) is 15.2 Å². The number of carbonyl (C=O) groups is 1. The molecule has 7 heteroatoms. The Balaban J connectivity index is 1.60. The Kier molecular flexibility index (Phi) is 5.63. The number of aromatic nitrogens is 1. The predicted octanol–water partition coefficient (Wildman–Crippen LogP) is 3.26. The van der Waals surface area contributed by atoms with Crippen LogP contribution in [0.3, 0.4) is 0 Å². The van der Waals surface area contributed by atoms with E-state index in [9.17, 15) is 4.79 Å². The summed E-state index contributed by atoms with van der Waals surface area (Å²) in [6.45, 7) is 1.63. The van der Waals surface area contributed by atoms with Crippen molar-refractivity contribution in [1.29, 1.82) is 0 Å². The lowest BCUT2D eigenvalue weighted by molar-refractivity contribution is -0.140. The molecule has 0 aliphatic carbocycles. The van der Waals surface area contributed by atoms with E-state index in [-0.39, 0.29) is 12.0 Å². The second kappa shape index (κ2) is 7.90. The van der Waals surface area contributed by atoms with Crippen molar-refractivity contribution < 1.29 is 9.53 Å². The highest BCUT2D eigenvalue weighted by atomic mass is 32.1. The third-order valence-electron chi connectivity index (χ3n) is 4.17. The minimum absolute atomic E-state index is 0.184. The highest BCUT2D eigenvalue weighted by Gasteiger charge is 2.30. The zero-order valence-corrected chi connectivity index (χ0v) is 15.3. The summed E-state index contributed by atoms with van der Waals surface area (Å²) >= 11 is 7.30. The first-order valence-corrected chi connectivity index (χ1v) is 9.38. The molecule has 3 rings (SSSR count). The number of likely N-dealkylation sites (tertiary alicyclic amines) is 1. The van der Waals surface area contributed by atoms with E-state index in [1.807, 2.05) is 12.1 Å². The topological polar surface area (TPSA) is 54.5 Å². The molecule has 0 radical (unpaired) electrons. The molecule has 1 atom stereocenters. The fourth-order valence-corrected chi connectivity index (χ4v) is 4.37. The number of hydrogen-bond acceptors (Lipinski definition) is 5. The van der Waals surface area contributed by atoms with E-state index in [0.717, 1.165) is 35.0 Å². The standard InChI is InChI=1S/C17H21N3O2S2/c1-22-15(21)9-4-10-18-17(23)20-11-5-7-13(20)16-19-12-6-2-3-8-14(12)24-16/h2-3,6,8,13H,4-5,7,9-11H2,1H3,(H,18,23). The summed E-state index contributed by atoms with van der Waals surface area (Å²) in [4.78, 5) is 18.1. The van der Waals surface area contributed by atoms with Crippen LogP contribution in [0.15, 0.2) is 24.3 Å². The van der Waals surface area contributed by atoms with E-state index >= 15 is 0 Å². The quantitative estimate of drug-likeness (QED) is 0.500. The van der Waals surface area contributed by atoms with Crippen LogP contribution in [0.25, 0.3) is 10.2 Å². The lowest BCUT2D eigenvalue weighted by atomic mass is 10.2. The molecular formula is C17H21N3O2S2. The molecule has 128 valence electrons. The van der Waals surface area contributed by atoms with Crippen molar-refractivity contribution in [3.05, 3.63) is 29.3 Å². The molecule has 0 saturated carbocycles. The van der Waals surface area contributed by atoms with Gasteiger partial charge in [-0.1, -0.05) is 12.1 Å². The molecule has 0 amide bonds. The second-order valence-corrected chi connectivity index (χ2v) is 7.23. The van der Waals surface area contributed by atoms with Gasteiger partial charge in [0.15, 0.2) is 5.11 Å². The molecule has 1 fully saturated rings. The average Bonchev–Trinajstić information content (AvgIpc) is 3.24. The molecular weight excluding hydrogens is 342 g/mol. The van der Waals surface area contributed by atoms with E-state index in [4.69, 9.17) is 17.2 Å². The van der Waals surface area contributed by atoms with Crippen LogP contribution in [0.5, 0.6) is 0 Å². The Morgan fingerprint density at radius 2 is 2.33 bits per heavy atom. The number of esters is 1. The maximum absolute atomic E-state index is 11.1. The van der Waals surface area contributed by atoms with Crippen LogP contribution >= 0.6 is 23.6 Å². The SMILES string of the molecule is COC(=O)CCCNC(=S)N1CCCC1c1nc2ccccc2s1. The van der Waals surface area contributed by atoms with E-state index in [1.54, 1.807) is 11.3 Å². The highest BCUT2D eigenvalue weighted by molar-refractivity contribution is 7.80. The van der Waals surface area contributed by atoms with Gasteiger partial charge in [-0.05, 0) is 43.6 Å². The van der Waals surface area contributed by atoms with Crippen molar-refractivity contribution in [3.8, 4) is 0 Å². The third kappa shape index (κ3) is 3.84. The number of rotatable bonds is 5. The van der Waals surface area contributed by atoms with Gasteiger partial charge in [0.05, 0.1) is 23.4 Å². The average molecular weight is 364 g/mol. The zero-order valence-electron chi connectivity index (χ0n) is 13.7. The Labute approximate surface area is 151 Å². The summed E-state index contributed by atoms with van der Waals surface area (Å²) < 4.78 is 5.86. The van der Waals surface area contributed by atoms with Gasteiger partial charge in [0, 0.05) is 19.5 Å². The smallest absolute Gasteiger partial charge is 0.305 e. The molecule has 0 bridgehead atoms. The molecule has 1 saturated heterocycles. The first-order chi connectivity index (χ1) is 11.7. The molecule has 1 aliphatic heterocycles. The van der Waals surface area contributed by atoms with Crippen LogP contribution in [0.2, 0.25) is 0 Å². The van der Waals surface area contributed by atoms with Gasteiger partial charge >= 0.3 is 5.97 Å². The Hall–Kier alpha value is -1.73. The maximum atomic E-state index is 11.1. The maximum Gasteiger partial charge on any atom is 0.305 e. The number of thiocarbonyl (C=S) groups is 1. The highest BCUT2D eigenvalue weighted by Crippen LogP contribution is 2.36. The first kappa shape index (κ1) is 17.1. The van der Waals surface area contributed by atoms with Gasteiger partial charge in [-0.25, -0.2) is 4.98 Å². The van der Waals surface area contributed by atoms with Gasteiger partial charge in [0.2, 0.25) is 0 Å². The number of methoxy groups -OCH3 is 1. The number of thiazole rings is 1. The summed E-state index contributed by atoms with van der Waals surface area (Å²) in [6, 6.07) is 8.48. The third-order valence-corrected chi connectivity index (χ3v) is 5.69. The fourth-order valence-electron chi connectivity index (χ4n) is 2.93. The van der Waals surface area contributed by atoms with E-state index in [1.165, 1.54) is 11.8 Å². The van der Waals surface area contributed by atoms with Gasteiger partial charge < -0.3 is 15.0 Å². The number of hydrogen-bond donors (Lipinski definition) is 1. The van der Waals surface area contributed by atoms with Crippen LogP contribution in [0, 0.1) is 0 Å². The van der Waals surface area contributed by atoms with Crippen molar-refractivity contribution in [2.45, 2.75) is 31.7 Å². The summed E-state index contributed by atoms with van der Waals surface area (Å²) in [5, 5.41) is 5.15. The molecule has 1 N–H and O–H groups in total. The Morgan fingerprint density at radius 1 is 1.50 bits per heavy atom. The fraction of sp³-hybridized carbons (Fsp3) is 0.471. The van der Waals surface area contributed by atoms with Gasteiger partial charge in [-0.15, -0.1) is 11.3 Å². The molecule has 5 nitrogen and oxygen atoms in total. The van der Waals surface area contributed by atoms with E-state index in [2.05, 4.69) is 27.1 Å². The van der Waals surface area contributed by atoms with Crippen LogP contribution in [-0.4, -0.2) is 41.2 Å². The van der Waals surface area contributed by atoms with Crippen molar-refractivity contribution >= 4 is 44.9 Å². The van der Waals surface area contributed by atoms with Crippen molar-refractivity contribution in [2.75, 3.05) is 20.2 Å².